The Kier molecular flexibility index (Phi) is 6.18. The number of ether oxygens (including phenoxy) is 2. The first kappa shape index (κ1) is 21.5. The van der Waals surface area contributed by atoms with Gasteiger partial charge in [0, 0.05) is 16.5 Å². The van der Waals surface area contributed by atoms with E-state index in [9.17, 15) is 9.18 Å². The summed E-state index contributed by atoms with van der Waals surface area (Å²) in [7, 11) is 1.51. The molecule has 0 aliphatic heterocycles. The number of aromatic nitrogens is 2. The number of carbonyl (C=O) groups is 1. The normalized spacial score (nSPS) is 10.8. The maximum Gasteiger partial charge on any atom is 0.257 e. The predicted octanol–water partition coefficient (Wildman–Crippen LogP) is 5.39. The first-order valence-electron chi connectivity index (χ1n) is 9.70. The second-order valence-corrected chi connectivity index (χ2v) is 7.81. The summed E-state index contributed by atoms with van der Waals surface area (Å²) in [5, 5.41) is 8.80. The number of hydrogen-bond acceptors (Lipinski definition) is 7. The number of hydrogen-bond donors (Lipinski definition) is 1. The molecule has 2 heterocycles. The van der Waals surface area contributed by atoms with E-state index in [2.05, 4.69) is 15.5 Å². The highest BCUT2D eigenvalue weighted by Crippen LogP contribution is 2.33. The number of anilines is 1. The van der Waals surface area contributed by atoms with Gasteiger partial charge in [0.1, 0.15) is 29.7 Å². The first-order chi connectivity index (χ1) is 15.4. The lowest BCUT2D eigenvalue weighted by molar-refractivity contribution is 0.102. The molecule has 7 nitrogen and oxygen atoms in total. The molecule has 0 fully saturated rings. The van der Waals surface area contributed by atoms with Gasteiger partial charge in [-0.3, -0.25) is 10.1 Å². The molecule has 0 saturated carbocycles. The van der Waals surface area contributed by atoms with Gasteiger partial charge in [-0.1, -0.05) is 11.2 Å². The monoisotopic (exact) mass is 453 g/mol. The van der Waals surface area contributed by atoms with Crippen molar-refractivity contribution in [2.45, 2.75) is 20.5 Å². The van der Waals surface area contributed by atoms with Gasteiger partial charge < -0.3 is 14.0 Å². The Morgan fingerprint density at radius 1 is 1.22 bits per heavy atom. The van der Waals surface area contributed by atoms with Crippen LogP contribution in [0.3, 0.4) is 0 Å². The molecule has 2 aromatic heterocycles. The van der Waals surface area contributed by atoms with Crippen LogP contribution in [0, 0.1) is 19.7 Å². The lowest BCUT2D eigenvalue weighted by Crippen LogP contribution is -2.11. The molecule has 0 unspecified atom stereocenters. The van der Waals surface area contributed by atoms with Crippen LogP contribution < -0.4 is 14.8 Å². The summed E-state index contributed by atoms with van der Waals surface area (Å²) < 4.78 is 29.9. The number of nitrogens with one attached hydrogen (secondary N) is 1. The lowest BCUT2D eigenvalue weighted by Gasteiger charge is -2.08. The predicted molar refractivity (Wildman–Crippen MR) is 119 cm³/mol. The maximum atomic E-state index is 13.7. The van der Waals surface area contributed by atoms with Crippen LogP contribution in [0.15, 0.2) is 52.4 Å². The Morgan fingerprint density at radius 2 is 2.06 bits per heavy atom. The Morgan fingerprint density at radius 3 is 2.81 bits per heavy atom. The van der Waals surface area contributed by atoms with Crippen molar-refractivity contribution < 1.29 is 23.2 Å². The SMILES string of the molecule is COc1ccc(F)cc1-c1csc(NC(=O)c2cccc(OCc3c(C)noc3C)c2)n1. The van der Waals surface area contributed by atoms with Crippen molar-refractivity contribution in [1.82, 2.24) is 10.1 Å². The Hall–Kier alpha value is -3.72. The average Bonchev–Trinajstić information content (AvgIpc) is 3.38. The highest BCUT2D eigenvalue weighted by atomic mass is 32.1. The number of nitrogens with zero attached hydrogens (tertiary/aromatic N) is 2. The average molecular weight is 453 g/mol. The maximum absolute atomic E-state index is 13.7. The third-order valence-corrected chi connectivity index (χ3v) is 5.58. The van der Waals surface area contributed by atoms with E-state index in [0.717, 1.165) is 11.3 Å². The molecule has 0 radical (unpaired) electrons. The Balaban J connectivity index is 1.46. The summed E-state index contributed by atoms with van der Waals surface area (Å²) in [6.45, 7) is 3.96. The molecule has 4 rings (SSSR count). The third kappa shape index (κ3) is 4.62. The van der Waals surface area contributed by atoms with Crippen LogP contribution in [0.1, 0.15) is 27.4 Å². The molecule has 0 aliphatic carbocycles. The molecular weight excluding hydrogens is 433 g/mol. The number of methoxy groups -OCH3 is 1. The molecule has 0 bridgehead atoms. The van der Waals surface area contributed by atoms with Crippen LogP contribution in [0.2, 0.25) is 0 Å². The molecule has 0 aliphatic rings. The number of benzene rings is 2. The molecular formula is C23H20FN3O4S. The number of carbonyl (C=O) groups excluding carboxylic acids is 1. The summed E-state index contributed by atoms with van der Waals surface area (Å²) in [6.07, 6.45) is 0. The summed E-state index contributed by atoms with van der Waals surface area (Å²) in [4.78, 5) is 17.1. The van der Waals surface area contributed by atoms with Gasteiger partial charge in [-0.2, -0.15) is 0 Å². The lowest BCUT2D eigenvalue weighted by atomic mass is 10.1. The van der Waals surface area contributed by atoms with Crippen molar-refractivity contribution in [3.8, 4) is 22.8 Å². The summed E-state index contributed by atoms with van der Waals surface area (Å²) >= 11 is 1.24. The largest absolute Gasteiger partial charge is 0.496 e. The minimum Gasteiger partial charge on any atom is -0.496 e. The molecule has 2 aromatic carbocycles. The van der Waals surface area contributed by atoms with E-state index in [1.165, 1.54) is 36.6 Å². The zero-order valence-electron chi connectivity index (χ0n) is 17.6. The second kappa shape index (κ2) is 9.19. The minimum atomic E-state index is -0.396. The number of rotatable bonds is 7. The van der Waals surface area contributed by atoms with Gasteiger partial charge >= 0.3 is 0 Å². The van der Waals surface area contributed by atoms with E-state index >= 15 is 0 Å². The van der Waals surface area contributed by atoms with Gasteiger partial charge in [0.2, 0.25) is 0 Å². The zero-order valence-corrected chi connectivity index (χ0v) is 18.5. The van der Waals surface area contributed by atoms with E-state index < -0.39 is 5.82 Å². The van der Waals surface area contributed by atoms with Crippen molar-refractivity contribution in [2.24, 2.45) is 0 Å². The fourth-order valence-corrected chi connectivity index (χ4v) is 3.80. The molecule has 4 aromatic rings. The molecule has 0 saturated heterocycles. The van der Waals surface area contributed by atoms with Crippen molar-refractivity contribution >= 4 is 22.4 Å². The molecule has 9 heteroatoms. The number of amides is 1. The van der Waals surface area contributed by atoms with Crippen molar-refractivity contribution in [3.05, 3.63) is 76.2 Å². The van der Waals surface area contributed by atoms with E-state index in [0.29, 0.717) is 39.2 Å². The van der Waals surface area contributed by atoms with Gasteiger partial charge in [0.05, 0.1) is 24.1 Å². The fourth-order valence-electron chi connectivity index (χ4n) is 3.10. The van der Waals surface area contributed by atoms with Crippen LogP contribution in [0.5, 0.6) is 11.5 Å². The minimum absolute atomic E-state index is 0.289. The van der Waals surface area contributed by atoms with Gasteiger partial charge in [0.15, 0.2) is 5.13 Å². The standard InChI is InChI=1S/C23H20FN3O4S/c1-13-19(14(2)31-27-13)11-30-17-6-4-5-15(9-17)22(28)26-23-25-20(12-32-23)18-10-16(24)7-8-21(18)29-3/h4-10,12H,11H2,1-3H3,(H,25,26,28). The van der Waals surface area contributed by atoms with E-state index in [4.69, 9.17) is 14.0 Å². The zero-order chi connectivity index (χ0) is 22.7. The first-order valence-corrected chi connectivity index (χ1v) is 10.6. The van der Waals surface area contributed by atoms with E-state index in [1.807, 2.05) is 13.8 Å². The van der Waals surface area contributed by atoms with E-state index in [-0.39, 0.29) is 12.5 Å². The fraction of sp³-hybridized carbons (Fsp3) is 0.174. The molecule has 0 atom stereocenters. The van der Waals surface area contributed by atoms with Gasteiger partial charge in [-0.25, -0.2) is 9.37 Å². The van der Waals surface area contributed by atoms with Crippen LogP contribution in [0.25, 0.3) is 11.3 Å². The van der Waals surface area contributed by atoms with Crippen LogP contribution in [-0.4, -0.2) is 23.2 Å². The Labute approximate surface area is 187 Å². The van der Waals surface area contributed by atoms with Gasteiger partial charge in [-0.05, 0) is 50.2 Å². The van der Waals surface area contributed by atoms with Crippen molar-refractivity contribution in [2.75, 3.05) is 12.4 Å². The Bertz CT molecular complexity index is 1250. The van der Waals surface area contributed by atoms with Crippen LogP contribution >= 0.6 is 11.3 Å². The highest BCUT2D eigenvalue weighted by Gasteiger charge is 2.15. The smallest absolute Gasteiger partial charge is 0.257 e. The number of halogens is 1. The molecule has 1 N–H and O–H groups in total. The summed E-state index contributed by atoms with van der Waals surface area (Å²) in [6, 6.07) is 11.0. The van der Waals surface area contributed by atoms with Crippen molar-refractivity contribution in [3.63, 3.8) is 0 Å². The summed E-state index contributed by atoms with van der Waals surface area (Å²) in [5.74, 6) is 1.01. The summed E-state index contributed by atoms with van der Waals surface area (Å²) in [5.41, 5.74) is 3.09. The van der Waals surface area contributed by atoms with Crippen LogP contribution in [0.4, 0.5) is 9.52 Å². The molecule has 32 heavy (non-hydrogen) atoms. The molecule has 0 spiro atoms. The highest BCUT2D eigenvalue weighted by molar-refractivity contribution is 7.14. The quantitative estimate of drug-likeness (QED) is 0.404. The van der Waals surface area contributed by atoms with Crippen LogP contribution in [-0.2, 0) is 6.61 Å². The third-order valence-electron chi connectivity index (χ3n) is 4.82. The van der Waals surface area contributed by atoms with Gasteiger partial charge in [0.25, 0.3) is 5.91 Å². The topological polar surface area (TPSA) is 86.5 Å². The van der Waals surface area contributed by atoms with E-state index in [1.54, 1.807) is 29.6 Å². The van der Waals surface area contributed by atoms with Gasteiger partial charge in [-0.15, -0.1) is 11.3 Å². The van der Waals surface area contributed by atoms with Crippen molar-refractivity contribution in [1.29, 1.82) is 0 Å². The second-order valence-electron chi connectivity index (χ2n) is 6.96. The molecule has 1 amide bonds. The molecule has 164 valence electrons. The number of aryl methyl sites for hydroxylation is 2. The number of thiazole rings is 1.